The van der Waals surface area contributed by atoms with E-state index in [4.69, 9.17) is 4.84 Å². The largest absolute Gasteiger partial charge is 0.390 e. The minimum absolute atomic E-state index is 0.113. The summed E-state index contributed by atoms with van der Waals surface area (Å²) in [5.41, 5.74) is 4.01. The van der Waals surface area contributed by atoms with E-state index in [0.717, 1.165) is 17.0 Å². The lowest BCUT2D eigenvalue weighted by Gasteiger charge is -2.23. The van der Waals surface area contributed by atoms with Gasteiger partial charge in [-0.3, -0.25) is 0 Å². The number of nitrogens with zero attached hydrogens (tertiary/aromatic N) is 2. The fourth-order valence-electron chi connectivity index (χ4n) is 2.77. The fourth-order valence-corrected chi connectivity index (χ4v) is 2.77. The van der Waals surface area contributed by atoms with E-state index in [2.05, 4.69) is 41.7 Å². The van der Waals surface area contributed by atoms with E-state index in [9.17, 15) is 4.79 Å². The van der Waals surface area contributed by atoms with Crippen LogP contribution in [0.3, 0.4) is 0 Å². The molecule has 2 aromatic carbocycles. The first kappa shape index (κ1) is 17.0. The number of anilines is 1. The van der Waals surface area contributed by atoms with Gasteiger partial charge in [-0.2, -0.15) is 0 Å². The summed E-state index contributed by atoms with van der Waals surface area (Å²) in [7, 11) is 0. The van der Waals surface area contributed by atoms with Gasteiger partial charge in [0.2, 0.25) is 0 Å². The van der Waals surface area contributed by atoms with Crippen LogP contribution in [0.2, 0.25) is 0 Å². The summed E-state index contributed by atoms with van der Waals surface area (Å²) in [6.07, 6.45) is 0.593. The molecule has 1 heterocycles. The second-order valence-electron chi connectivity index (χ2n) is 6.17. The van der Waals surface area contributed by atoms with Crippen molar-refractivity contribution in [2.75, 3.05) is 18.4 Å². The third kappa shape index (κ3) is 4.38. The van der Waals surface area contributed by atoms with Crippen molar-refractivity contribution >= 4 is 17.4 Å². The zero-order valence-electron chi connectivity index (χ0n) is 14.6. The average molecular weight is 337 g/mol. The topological polar surface area (TPSA) is 53.9 Å². The molecule has 2 amide bonds. The lowest BCUT2D eigenvalue weighted by Crippen LogP contribution is -2.40. The van der Waals surface area contributed by atoms with Gasteiger partial charge in [-0.25, -0.2) is 4.79 Å². The number of rotatable bonds is 5. The van der Waals surface area contributed by atoms with E-state index in [0.29, 0.717) is 19.5 Å². The van der Waals surface area contributed by atoms with E-state index in [-0.39, 0.29) is 12.1 Å². The molecule has 1 aliphatic rings. The smallest absolute Gasteiger partial charge is 0.321 e. The standard InChI is InChI=1S/C20H23N3O2/c1-3-23(20(24)21-17-7-5-4-6-8-17)14-18-13-19(22-25-18)16-11-9-15(2)10-12-16/h4-12,18H,3,13-14H2,1-2H3,(H,21,24). The van der Waals surface area contributed by atoms with Gasteiger partial charge in [0.05, 0.1) is 12.3 Å². The summed E-state index contributed by atoms with van der Waals surface area (Å²) in [4.78, 5) is 19.7. The molecule has 5 heteroatoms. The maximum absolute atomic E-state index is 12.4. The molecule has 1 aliphatic heterocycles. The molecule has 1 unspecified atom stereocenters. The minimum Gasteiger partial charge on any atom is -0.390 e. The van der Waals surface area contributed by atoms with Crippen LogP contribution < -0.4 is 5.32 Å². The van der Waals surface area contributed by atoms with Crippen LogP contribution in [0.5, 0.6) is 0 Å². The third-order valence-electron chi connectivity index (χ3n) is 4.24. The number of aryl methyl sites for hydroxylation is 1. The lowest BCUT2D eigenvalue weighted by atomic mass is 10.0. The summed E-state index contributed by atoms with van der Waals surface area (Å²) in [5.74, 6) is 0. The van der Waals surface area contributed by atoms with Crippen LogP contribution in [0.15, 0.2) is 59.8 Å². The maximum atomic E-state index is 12.4. The molecule has 0 spiro atoms. The highest BCUT2D eigenvalue weighted by Crippen LogP contribution is 2.18. The first-order valence-electron chi connectivity index (χ1n) is 8.56. The first-order valence-corrected chi connectivity index (χ1v) is 8.56. The summed E-state index contributed by atoms with van der Waals surface area (Å²) < 4.78 is 0. The number of amides is 2. The molecule has 0 saturated heterocycles. The quantitative estimate of drug-likeness (QED) is 0.895. The van der Waals surface area contributed by atoms with Crippen molar-refractivity contribution in [2.45, 2.75) is 26.4 Å². The van der Waals surface area contributed by atoms with Crippen LogP contribution in [0.25, 0.3) is 0 Å². The number of nitrogens with one attached hydrogen (secondary N) is 1. The molecule has 3 rings (SSSR count). The first-order chi connectivity index (χ1) is 12.2. The average Bonchev–Trinajstić information content (AvgIpc) is 3.09. The van der Waals surface area contributed by atoms with E-state index in [1.165, 1.54) is 5.56 Å². The normalized spacial score (nSPS) is 16.1. The molecule has 1 atom stereocenters. The number of carbonyl (C=O) groups excluding carboxylic acids is 1. The minimum atomic E-state index is -0.124. The van der Waals surface area contributed by atoms with Gasteiger partial charge in [0.25, 0.3) is 0 Å². The van der Waals surface area contributed by atoms with Crippen LogP contribution in [-0.4, -0.2) is 35.8 Å². The number of oxime groups is 1. The number of urea groups is 1. The van der Waals surface area contributed by atoms with Gasteiger partial charge in [-0.15, -0.1) is 0 Å². The zero-order valence-corrected chi connectivity index (χ0v) is 14.6. The van der Waals surface area contributed by atoms with Crippen molar-refractivity contribution in [2.24, 2.45) is 5.16 Å². The summed E-state index contributed by atoms with van der Waals surface area (Å²) in [6, 6.07) is 17.6. The van der Waals surface area contributed by atoms with Crippen LogP contribution in [0.1, 0.15) is 24.5 Å². The van der Waals surface area contributed by atoms with Gasteiger partial charge < -0.3 is 15.1 Å². The van der Waals surface area contributed by atoms with Gasteiger partial charge in [0.1, 0.15) is 0 Å². The van der Waals surface area contributed by atoms with Crippen LogP contribution in [0.4, 0.5) is 10.5 Å². The molecule has 0 aliphatic carbocycles. The molecular weight excluding hydrogens is 314 g/mol. The molecule has 1 N–H and O–H groups in total. The van der Waals surface area contributed by atoms with Crippen molar-refractivity contribution in [1.82, 2.24) is 4.90 Å². The molecular formula is C20H23N3O2. The third-order valence-corrected chi connectivity index (χ3v) is 4.24. The highest BCUT2D eigenvalue weighted by molar-refractivity contribution is 6.01. The number of benzene rings is 2. The van der Waals surface area contributed by atoms with E-state index >= 15 is 0 Å². The molecule has 2 aromatic rings. The Hall–Kier alpha value is -2.82. The van der Waals surface area contributed by atoms with E-state index in [1.807, 2.05) is 37.3 Å². The maximum Gasteiger partial charge on any atom is 0.321 e. The Bertz CT molecular complexity index is 741. The van der Waals surface area contributed by atoms with Crippen molar-refractivity contribution < 1.29 is 9.63 Å². The predicted molar refractivity (Wildman–Crippen MR) is 99.9 cm³/mol. The summed E-state index contributed by atoms with van der Waals surface area (Å²) in [6.45, 7) is 5.14. The Morgan fingerprint density at radius 1 is 1.20 bits per heavy atom. The molecule has 0 aromatic heterocycles. The number of hydrogen-bond donors (Lipinski definition) is 1. The number of para-hydroxylation sites is 1. The van der Waals surface area contributed by atoms with Gasteiger partial charge in [-0.05, 0) is 31.5 Å². The Balaban J connectivity index is 1.56. The lowest BCUT2D eigenvalue weighted by molar-refractivity contribution is 0.0633. The Labute approximate surface area is 148 Å². The Morgan fingerprint density at radius 3 is 2.60 bits per heavy atom. The van der Waals surface area contributed by atoms with Crippen molar-refractivity contribution in [1.29, 1.82) is 0 Å². The molecule has 130 valence electrons. The van der Waals surface area contributed by atoms with Crippen LogP contribution in [0, 0.1) is 6.92 Å². The fraction of sp³-hybridized carbons (Fsp3) is 0.300. The highest BCUT2D eigenvalue weighted by atomic mass is 16.6. The summed E-state index contributed by atoms with van der Waals surface area (Å²) in [5, 5.41) is 7.12. The van der Waals surface area contributed by atoms with Crippen molar-refractivity contribution in [3.8, 4) is 0 Å². The van der Waals surface area contributed by atoms with Gasteiger partial charge >= 0.3 is 6.03 Å². The molecule has 0 fully saturated rings. The van der Waals surface area contributed by atoms with Gasteiger partial charge in [0, 0.05) is 18.7 Å². The Kier molecular flexibility index (Phi) is 5.33. The van der Waals surface area contributed by atoms with E-state index < -0.39 is 0 Å². The SMILES string of the molecule is CCN(CC1CC(c2ccc(C)cc2)=NO1)C(=O)Nc1ccccc1. The molecule has 25 heavy (non-hydrogen) atoms. The molecule has 0 radical (unpaired) electrons. The molecule has 0 bridgehead atoms. The number of hydrogen-bond acceptors (Lipinski definition) is 3. The second kappa shape index (κ2) is 7.83. The number of carbonyl (C=O) groups is 1. The van der Waals surface area contributed by atoms with Crippen molar-refractivity contribution in [3.05, 3.63) is 65.7 Å². The molecule has 5 nitrogen and oxygen atoms in total. The van der Waals surface area contributed by atoms with E-state index in [1.54, 1.807) is 4.90 Å². The summed E-state index contributed by atoms with van der Waals surface area (Å²) >= 11 is 0. The van der Waals surface area contributed by atoms with Crippen LogP contribution >= 0.6 is 0 Å². The van der Waals surface area contributed by atoms with Gasteiger partial charge in [0.15, 0.2) is 6.10 Å². The zero-order chi connectivity index (χ0) is 17.6. The van der Waals surface area contributed by atoms with Crippen LogP contribution in [-0.2, 0) is 4.84 Å². The van der Waals surface area contributed by atoms with Crippen molar-refractivity contribution in [3.63, 3.8) is 0 Å². The number of likely N-dealkylation sites (N-methyl/N-ethyl adjacent to an activating group) is 1. The predicted octanol–water partition coefficient (Wildman–Crippen LogP) is 4.04. The second-order valence-corrected chi connectivity index (χ2v) is 6.17. The molecule has 0 saturated carbocycles. The Morgan fingerprint density at radius 2 is 1.92 bits per heavy atom. The van der Waals surface area contributed by atoms with Gasteiger partial charge in [-0.1, -0.05) is 53.2 Å². The monoisotopic (exact) mass is 337 g/mol. The highest BCUT2D eigenvalue weighted by Gasteiger charge is 2.26.